The molecule has 0 aliphatic carbocycles. The van der Waals surface area contributed by atoms with Crippen LogP contribution in [0.3, 0.4) is 0 Å². The van der Waals surface area contributed by atoms with Gasteiger partial charge in [-0.3, -0.25) is 9.48 Å². The molecule has 1 aromatic heterocycles. The molecular formula is C12H13BrN4O3S. The highest BCUT2D eigenvalue weighted by atomic mass is 79.9. The first-order valence-corrected chi connectivity index (χ1v) is 8.16. The minimum atomic E-state index is -3.81. The quantitative estimate of drug-likeness (QED) is 0.848. The van der Waals surface area contributed by atoms with Crippen molar-refractivity contribution in [3.63, 3.8) is 0 Å². The molecule has 7 nitrogen and oxygen atoms in total. The summed E-state index contributed by atoms with van der Waals surface area (Å²) in [4.78, 5) is 12.1. The molecule has 9 heteroatoms. The van der Waals surface area contributed by atoms with E-state index >= 15 is 0 Å². The number of rotatable bonds is 3. The van der Waals surface area contributed by atoms with Crippen LogP contribution in [0.4, 0.5) is 5.69 Å². The number of hydrogen-bond acceptors (Lipinski definition) is 4. The van der Waals surface area contributed by atoms with Crippen molar-refractivity contribution < 1.29 is 13.2 Å². The highest BCUT2D eigenvalue weighted by Crippen LogP contribution is 2.25. The van der Waals surface area contributed by atoms with E-state index in [9.17, 15) is 13.2 Å². The van der Waals surface area contributed by atoms with E-state index < -0.39 is 10.0 Å². The summed E-state index contributed by atoms with van der Waals surface area (Å²) < 4.78 is 24.5. The zero-order chi connectivity index (χ0) is 15.8. The van der Waals surface area contributed by atoms with Crippen LogP contribution in [0.1, 0.15) is 16.1 Å². The Morgan fingerprint density at radius 3 is 2.57 bits per heavy atom. The number of carbonyl (C=O) groups is 1. The van der Waals surface area contributed by atoms with Crippen molar-refractivity contribution >= 4 is 37.5 Å². The Bertz CT molecular complexity index is 814. The van der Waals surface area contributed by atoms with Crippen molar-refractivity contribution in [3.8, 4) is 0 Å². The van der Waals surface area contributed by atoms with Crippen LogP contribution in [0.15, 0.2) is 33.8 Å². The number of nitrogens with zero attached hydrogens (tertiary/aromatic N) is 2. The van der Waals surface area contributed by atoms with E-state index in [4.69, 9.17) is 5.14 Å². The highest BCUT2D eigenvalue weighted by Gasteiger charge is 2.16. The molecule has 1 aromatic carbocycles. The van der Waals surface area contributed by atoms with Crippen molar-refractivity contribution in [2.24, 2.45) is 12.2 Å². The van der Waals surface area contributed by atoms with Gasteiger partial charge in [0.15, 0.2) is 0 Å². The first-order chi connectivity index (χ1) is 9.70. The summed E-state index contributed by atoms with van der Waals surface area (Å²) in [6.07, 6.45) is 1.47. The van der Waals surface area contributed by atoms with E-state index in [1.165, 1.54) is 24.4 Å². The van der Waals surface area contributed by atoms with Gasteiger partial charge in [0.25, 0.3) is 5.91 Å². The van der Waals surface area contributed by atoms with Crippen LogP contribution in [0.5, 0.6) is 0 Å². The standard InChI is InChI=1S/C12H13BrN4O3S/c1-7-9(6-15-17(7)2)12(18)16-8-3-4-11(10(13)5-8)21(14,19)20/h3-6H,1-2H3,(H,16,18)(H2,14,19,20). The van der Waals surface area contributed by atoms with E-state index in [0.29, 0.717) is 11.3 Å². The lowest BCUT2D eigenvalue weighted by Gasteiger charge is -2.07. The maximum atomic E-state index is 12.1. The zero-order valence-corrected chi connectivity index (χ0v) is 13.7. The summed E-state index contributed by atoms with van der Waals surface area (Å²) in [5.41, 5.74) is 1.62. The molecule has 0 unspecified atom stereocenters. The lowest BCUT2D eigenvalue weighted by molar-refractivity contribution is 0.102. The molecule has 0 aliphatic heterocycles. The van der Waals surface area contributed by atoms with Crippen molar-refractivity contribution in [2.75, 3.05) is 5.32 Å². The number of aryl methyl sites for hydroxylation is 1. The number of carbonyl (C=O) groups excluding carboxylic acids is 1. The molecule has 1 amide bonds. The summed E-state index contributed by atoms with van der Waals surface area (Å²) in [5, 5.41) is 11.7. The fraction of sp³-hybridized carbons (Fsp3) is 0.167. The summed E-state index contributed by atoms with van der Waals surface area (Å²) in [5.74, 6) is -0.323. The smallest absolute Gasteiger partial charge is 0.259 e. The predicted molar refractivity (Wildman–Crippen MR) is 81.4 cm³/mol. The van der Waals surface area contributed by atoms with Crippen LogP contribution >= 0.6 is 15.9 Å². The number of halogens is 1. The molecule has 1 heterocycles. The minimum Gasteiger partial charge on any atom is -0.322 e. The SMILES string of the molecule is Cc1c(C(=O)Nc2ccc(S(N)(=O)=O)c(Br)c2)cnn1C. The fourth-order valence-corrected chi connectivity index (χ4v) is 3.37. The van der Waals surface area contributed by atoms with Gasteiger partial charge in [-0.2, -0.15) is 5.10 Å². The van der Waals surface area contributed by atoms with Crippen molar-refractivity contribution in [1.82, 2.24) is 9.78 Å². The second kappa shape index (κ2) is 5.58. The maximum Gasteiger partial charge on any atom is 0.259 e. The van der Waals surface area contributed by atoms with Crippen molar-refractivity contribution in [3.05, 3.63) is 40.1 Å². The van der Waals surface area contributed by atoms with Gasteiger partial charge in [0.1, 0.15) is 0 Å². The van der Waals surface area contributed by atoms with Gasteiger partial charge in [-0.15, -0.1) is 0 Å². The van der Waals surface area contributed by atoms with Gasteiger partial charge >= 0.3 is 0 Å². The second-order valence-corrected chi connectivity index (χ2v) is 6.80. The lowest BCUT2D eigenvalue weighted by Crippen LogP contribution is -2.15. The van der Waals surface area contributed by atoms with Gasteiger partial charge in [-0.25, -0.2) is 13.6 Å². The summed E-state index contributed by atoms with van der Waals surface area (Å²) in [7, 11) is -2.07. The van der Waals surface area contributed by atoms with Crippen LogP contribution < -0.4 is 10.5 Å². The van der Waals surface area contributed by atoms with Crippen molar-refractivity contribution in [1.29, 1.82) is 0 Å². The van der Waals surface area contributed by atoms with Crippen LogP contribution in [-0.2, 0) is 17.1 Å². The van der Waals surface area contributed by atoms with E-state index in [0.717, 1.165) is 5.69 Å². The average molecular weight is 373 g/mol. The third kappa shape index (κ3) is 3.31. The molecule has 0 spiro atoms. The summed E-state index contributed by atoms with van der Waals surface area (Å²) in [6, 6.07) is 4.27. The number of benzene rings is 1. The van der Waals surface area contributed by atoms with E-state index in [-0.39, 0.29) is 15.3 Å². The Hall–Kier alpha value is -1.71. The van der Waals surface area contributed by atoms with Gasteiger partial charge in [-0.1, -0.05) is 0 Å². The average Bonchev–Trinajstić information content (AvgIpc) is 2.68. The maximum absolute atomic E-state index is 12.1. The number of nitrogens with two attached hydrogens (primary N) is 1. The number of amides is 1. The molecule has 112 valence electrons. The van der Waals surface area contributed by atoms with Crippen LogP contribution in [0.25, 0.3) is 0 Å². The molecule has 3 N–H and O–H groups in total. The third-order valence-corrected chi connectivity index (χ3v) is 4.86. The number of sulfonamides is 1. The molecular weight excluding hydrogens is 360 g/mol. The largest absolute Gasteiger partial charge is 0.322 e. The molecule has 0 atom stereocenters. The molecule has 2 aromatic rings. The Labute approximate surface area is 130 Å². The summed E-state index contributed by atoms with van der Waals surface area (Å²) >= 11 is 3.12. The van der Waals surface area contributed by atoms with E-state index in [1.807, 2.05) is 0 Å². The van der Waals surface area contributed by atoms with Gasteiger partial charge < -0.3 is 5.32 Å². The predicted octanol–water partition coefficient (Wildman–Crippen LogP) is 1.39. The van der Waals surface area contributed by atoms with Gasteiger partial charge in [-0.05, 0) is 41.1 Å². The highest BCUT2D eigenvalue weighted by molar-refractivity contribution is 9.10. The Kier molecular flexibility index (Phi) is 4.17. The Morgan fingerprint density at radius 1 is 1.43 bits per heavy atom. The molecule has 0 fully saturated rings. The Morgan fingerprint density at radius 2 is 2.10 bits per heavy atom. The third-order valence-electron chi connectivity index (χ3n) is 2.98. The molecule has 0 saturated carbocycles. The molecule has 0 saturated heterocycles. The number of aromatic nitrogens is 2. The van der Waals surface area contributed by atoms with E-state index in [2.05, 4.69) is 26.3 Å². The topological polar surface area (TPSA) is 107 Å². The molecule has 21 heavy (non-hydrogen) atoms. The number of anilines is 1. The number of primary sulfonamides is 1. The second-order valence-electron chi connectivity index (χ2n) is 4.41. The summed E-state index contributed by atoms with van der Waals surface area (Å²) in [6.45, 7) is 1.78. The zero-order valence-electron chi connectivity index (χ0n) is 11.3. The number of hydrogen-bond donors (Lipinski definition) is 2. The molecule has 2 rings (SSSR count). The van der Waals surface area contributed by atoms with Crippen LogP contribution in [-0.4, -0.2) is 24.1 Å². The van der Waals surface area contributed by atoms with Gasteiger partial charge in [0, 0.05) is 22.9 Å². The van der Waals surface area contributed by atoms with Gasteiger partial charge in [0.05, 0.1) is 16.7 Å². The van der Waals surface area contributed by atoms with Gasteiger partial charge in [0.2, 0.25) is 10.0 Å². The first kappa shape index (κ1) is 15.7. The number of nitrogens with one attached hydrogen (secondary N) is 1. The molecule has 0 bridgehead atoms. The minimum absolute atomic E-state index is 0.0435. The monoisotopic (exact) mass is 372 g/mol. The molecule has 0 radical (unpaired) electrons. The van der Waals surface area contributed by atoms with Crippen molar-refractivity contribution in [2.45, 2.75) is 11.8 Å². The fourth-order valence-electron chi connectivity index (χ4n) is 1.73. The normalized spacial score (nSPS) is 11.4. The van der Waals surface area contributed by atoms with Crippen LogP contribution in [0, 0.1) is 6.92 Å². The van der Waals surface area contributed by atoms with Crippen LogP contribution in [0.2, 0.25) is 0 Å². The molecule has 0 aliphatic rings. The lowest BCUT2D eigenvalue weighted by atomic mass is 10.2. The van der Waals surface area contributed by atoms with E-state index in [1.54, 1.807) is 18.7 Å². The first-order valence-electron chi connectivity index (χ1n) is 5.82. The Balaban J connectivity index is 2.27.